The molecule has 4 nitrogen and oxygen atoms in total. The lowest BCUT2D eigenvalue weighted by Gasteiger charge is -2.09. The lowest BCUT2D eigenvalue weighted by molar-refractivity contribution is -0.676. The number of fused-ring (bicyclic) bond motifs is 5. The fraction of sp³-hybridized carbons (Fsp3) is 0.0741. The summed E-state index contributed by atoms with van der Waals surface area (Å²) in [5.74, 6) is -0.235. The molecule has 0 saturated heterocycles. The summed E-state index contributed by atoms with van der Waals surface area (Å²) in [5.41, 5.74) is 6.00. The predicted molar refractivity (Wildman–Crippen MR) is 132 cm³/mol. The number of H-pyrrole nitrogens is 1. The molecule has 0 saturated carbocycles. The average Bonchev–Trinajstić information content (AvgIpc) is 3.38. The Labute approximate surface area is 218 Å². The van der Waals surface area contributed by atoms with Gasteiger partial charge in [-0.05, 0) is 54.1 Å². The number of benzene rings is 3. The standard InChI is InChI=1S/C27H18BrF3N3O.ClH/c28-19-9-7-18(8-10-19)25-26-24-22(21-3-1-2-4-23(21)32-24)13-14-33(26)16-34(25)15-17-5-11-20(12-6-17)35-27(29,30)31;/h1-14,16,32H,15H2;1H/q+1;/p-1. The molecule has 6 aromatic rings. The zero-order chi connectivity index (χ0) is 24.2. The maximum atomic E-state index is 12.5. The smallest absolute Gasteiger partial charge is 0.573 e. The van der Waals surface area contributed by atoms with Gasteiger partial charge in [-0.25, -0.2) is 4.57 Å². The van der Waals surface area contributed by atoms with E-state index in [1.54, 1.807) is 12.1 Å². The topological polar surface area (TPSA) is 33.3 Å². The molecular weight excluding hydrogens is 555 g/mol. The third-order valence-corrected chi connectivity index (χ3v) is 6.57. The predicted octanol–water partition coefficient (Wildman–Crippen LogP) is 4.24. The van der Waals surface area contributed by atoms with E-state index in [0.717, 1.165) is 48.6 Å². The molecule has 0 radical (unpaired) electrons. The zero-order valence-electron chi connectivity index (χ0n) is 18.6. The Bertz CT molecular complexity index is 1690. The van der Waals surface area contributed by atoms with Crippen molar-refractivity contribution in [3.63, 3.8) is 0 Å². The second kappa shape index (κ2) is 9.19. The van der Waals surface area contributed by atoms with Crippen LogP contribution < -0.4 is 21.7 Å². The molecule has 3 heterocycles. The van der Waals surface area contributed by atoms with E-state index in [-0.39, 0.29) is 18.2 Å². The van der Waals surface area contributed by atoms with Gasteiger partial charge in [0.15, 0.2) is 5.69 Å². The number of alkyl halides is 3. The summed E-state index contributed by atoms with van der Waals surface area (Å²) in [6.45, 7) is 0.473. The van der Waals surface area contributed by atoms with Crippen molar-refractivity contribution in [1.82, 2.24) is 9.38 Å². The van der Waals surface area contributed by atoms with Crippen LogP contribution in [0.3, 0.4) is 0 Å². The van der Waals surface area contributed by atoms with Crippen molar-refractivity contribution in [2.24, 2.45) is 0 Å². The maximum absolute atomic E-state index is 12.5. The molecule has 3 aromatic carbocycles. The van der Waals surface area contributed by atoms with E-state index < -0.39 is 6.36 Å². The molecule has 0 aliphatic carbocycles. The summed E-state index contributed by atoms with van der Waals surface area (Å²) < 4.78 is 46.8. The number of halogens is 5. The Balaban J connectivity index is 0.00000267. The van der Waals surface area contributed by atoms with Crippen molar-refractivity contribution in [2.75, 3.05) is 0 Å². The van der Waals surface area contributed by atoms with E-state index in [1.165, 1.54) is 12.1 Å². The normalized spacial score (nSPS) is 11.8. The first-order valence-electron chi connectivity index (χ1n) is 10.9. The second-order valence-corrected chi connectivity index (χ2v) is 9.24. The van der Waals surface area contributed by atoms with Crippen LogP contribution in [0, 0.1) is 0 Å². The van der Waals surface area contributed by atoms with Gasteiger partial charge in [-0.1, -0.05) is 46.3 Å². The molecule has 1 N–H and O–H groups in total. The van der Waals surface area contributed by atoms with Crippen LogP contribution in [-0.2, 0) is 6.54 Å². The van der Waals surface area contributed by atoms with Gasteiger partial charge in [-0.3, -0.25) is 0 Å². The van der Waals surface area contributed by atoms with Gasteiger partial charge in [0.2, 0.25) is 11.8 Å². The quantitative estimate of drug-likeness (QED) is 0.315. The van der Waals surface area contributed by atoms with Crippen LogP contribution in [0.4, 0.5) is 13.2 Å². The van der Waals surface area contributed by atoms with Crippen LogP contribution in [-0.4, -0.2) is 15.7 Å². The van der Waals surface area contributed by atoms with Gasteiger partial charge >= 0.3 is 6.36 Å². The van der Waals surface area contributed by atoms with Gasteiger partial charge < -0.3 is 22.1 Å². The SMILES string of the molecule is FC(F)(F)Oc1ccc(C[n+]2cn3ccc4c5ccccc5[nH]c4c3c2-c2ccc(Br)cc2)cc1.[Cl-]. The number of nitrogens with zero attached hydrogens (tertiary/aromatic N) is 2. The molecule has 0 aliphatic heterocycles. The number of imidazole rings is 1. The summed E-state index contributed by atoms with van der Waals surface area (Å²) in [4.78, 5) is 3.58. The summed E-state index contributed by atoms with van der Waals surface area (Å²) in [6.07, 6.45) is -0.662. The highest BCUT2D eigenvalue weighted by molar-refractivity contribution is 9.10. The molecule has 0 aliphatic rings. The van der Waals surface area contributed by atoms with E-state index in [2.05, 4.69) is 65.0 Å². The van der Waals surface area contributed by atoms with E-state index in [1.807, 2.05) is 36.8 Å². The van der Waals surface area contributed by atoms with Gasteiger partial charge in [0.05, 0.1) is 11.7 Å². The van der Waals surface area contributed by atoms with Crippen molar-refractivity contribution >= 4 is 43.3 Å². The molecule has 0 amide bonds. The van der Waals surface area contributed by atoms with Crippen LogP contribution in [0.5, 0.6) is 5.75 Å². The highest BCUT2D eigenvalue weighted by Gasteiger charge is 2.31. The highest BCUT2D eigenvalue weighted by atomic mass is 79.9. The fourth-order valence-corrected chi connectivity index (χ4v) is 4.85. The monoisotopic (exact) mass is 571 g/mol. The van der Waals surface area contributed by atoms with Gasteiger partial charge in [-0.15, -0.1) is 13.2 Å². The van der Waals surface area contributed by atoms with Crippen molar-refractivity contribution < 1.29 is 34.9 Å². The fourth-order valence-electron chi connectivity index (χ4n) is 4.59. The Morgan fingerprint density at radius 2 is 1.61 bits per heavy atom. The first-order valence-corrected chi connectivity index (χ1v) is 11.7. The van der Waals surface area contributed by atoms with Gasteiger partial charge in [0.1, 0.15) is 12.3 Å². The molecular formula is C27H18BrClF3N3O. The molecule has 0 atom stereocenters. The van der Waals surface area contributed by atoms with Gasteiger partial charge in [0, 0.05) is 26.3 Å². The average molecular weight is 573 g/mol. The zero-order valence-corrected chi connectivity index (χ0v) is 20.9. The minimum absolute atomic E-state index is 0. The number of hydrogen-bond acceptors (Lipinski definition) is 1. The summed E-state index contributed by atoms with van der Waals surface area (Å²) in [5, 5.41) is 2.28. The summed E-state index contributed by atoms with van der Waals surface area (Å²) >= 11 is 3.51. The molecule has 0 spiro atoms. The first kappa shape index (κ1) is 24.2. The highest BCUT2D eigenvalue weighted by Crippen LogP contribution is 2.33. The van der Waals surface area contributed by atoms with Gasteiger partial charge in [-0.2, -0.15) is 4.40 Å². The van der Waals surface area contributed by atoms with E-state index >= 15 is 0 Å². The molecule has 182 valence electrons. The molecule has 6 rings (SSSR count). The minimum Gasteiger partial charge on any atom is -1.00 e. The Hall–Kier alpha value is -3.49. The molecule has 36 heavy (non-hydrogen) atoms. The van der Waals surface area contributed by atoms with Crippen molar-refractivity contribution in [3.8, 4) is 17.0 Å². The second-order valence-electron chi connectivity index (χ2n) is 8.32. The number of para-hydroxylation sites is 1. The van der Waals surface area contributed by atoms with Crippen LogP contribution in [0.25, 0.3) is 38.6 Å². The van der Waals surface area contributed by atoms with Crippen LogP contribution in [0.1, 0.15) is 5.56 Å². The summed E-state index contributed by atoms with van der Waals surface area (Å²) in [6, 6.07) is 24.4. The summed E-state index contributed by atoms with van der Waals surface area (Å²) in [7, 11) is 0. The largest absolute Gasteiger partial charge is 1.00 e. The molecule has 0 bridgehead atoms. The van der Waals surface area contributed by atoms with Crippen molar-refractivity contribution in [1.29, 1.82) is 0 Å². The maximum Gasteiger partial charge on any atom is 0.573 e. The third kappa shape index (κ3) is 4.42. The Morgan fingerprint density at radius 1 is 0.889 bits per heavy atom. The van der Waals surface area contributed by atoms with Crippen molar-refractivity contribution in [3.05, 3.63) is 101 Å². The molecule has 9 heteroatoms. The lowest BCUT2D eigenvalue weighted by Crippen LogP contribution is -3.00. The number of nitrogens with one attached hydrogen (secondary N) is 1. The molecule has 0 unspecified atom stereocenters. The van der Waals surface area contributed by atoms with Gasteiger partial charge in [0.25, 0.3) is 0 Å². The number of aromatic nitrogens is 3. The Kier molecular flexibility index (Phi) is 6.18. The van der Waals surface area contributed by atoms with Crippen LogP contribution in [0.2, 0.25) is 0 Å². The van der Waals surface area contributed by atoms with E-state index in [9.17, 15) is 13.2 Å². The molecule has 0 fully saturated rings. The number of hydrogen-bond donors (Lipinski definition) is 1. The lowest BCUT2D eigenvalue weighted by atomic mass is 10.1. The van der Waals surface area contributed by atoms with E-state index in [4.69, 9.17) is 0 Å². The minimum atomic E-state index is -4.71. The third-order valence-electron chi connectivity index (χ3n) is 6.05. The van der Waals surface area contributed by atoms with Crippen LogP contribution in [0.15, 0.2) is 95.9 Å². The number of aromatic amines is 1. The van der Waals surface area contributed by atoms with E-state index in [0.29, 0.717) is 6.54 Å². The number of rotatable bonds is 4. The van der Waals surface area contributed by atoms with Crippen LogP contribution >= 0.6 is 15.9 Å². The number of ether oxygens (including phenoxy) is 1. The number of pyridine rings is 1. The molecule has 3 aromatic heterocycles. The first-order chi connectivity index (χ1) is 16.9. The van der Waals surface area contributed by atoms with Crippen molar-refractivity contribution in [2.45, 2.75) is 12.9 Å². The Morgan fingerprint density at radius 3 is 2.33 bits per heavy atom.